The minimum absolute atomic E-state index is 0.536. The first-order valence-electron chi connectivity index (χ1n) is 7.45. The smallest absolute Gasteiger partial charge is 0.0349 e. The SMILES string of the molecule is CC(C)c1cccc(C(C)C)c1Cc1ccccc1N. The van der Waals surface area contributed by atoms with Crippen LogP contribution in [0.1, 0.15) is 61.8 Å². The number of para-hydroxylation sites is 1. The first-order chi connectivity index (χ1) is 9.50. The van der Waals surface area contributed by atoms with Gasteiger partial charge >= 0.3 is 0 Å². The molecule has 1 nitrogen and oxygen atoms in total. The van der Waals surface area contributed by atoms with Gasteiger partial charge in [-0.1, -0.05) is 64.1 Å². The summed E-state index contributed by atoms with van der Waals surface area (Å²) in [7, 11) is 0. The molecular formula is C19H25N. The third-order valence-electron chi connectivity index (χ3n) is 3.91. The molecule has 2 rings (SSSR count). The van der Waals surface area contributed by atoms with Crippen LogP contribution >= 0.6 is 0 Å². The van der Waals surface area contributed by atoms with Crippen LogP contribution in [0.3, 0.4) is 0 Å². The van der Waals surface area contributed by atoms with Crippen LogP contribution < -0.4 is 5.73 Å². The fourth-order valence-electron chi connectivity index (χ4n) is 2.79. The van der Waals surface area contributed by atoms with E-state index in [1.54, 1.807) is 0 Å². The van der Waals surface area contributed by atoms with Crippen molar-refractivity contribution in [2.24, 2.45) is 0 Å². The predicted octanol–water partition coefficient (Wildman–Crippen LogP) is 5.11. The second-order valence-corrected chi connectivity index (χ2v) is 6.10. The summed E-state index contributed by atoms with van der Waals surface area (Å²) in [5, 5.41) is 0. The molecule has 0 bridgehead atoms. The molecule has 2 aromatic carbocycles. The molecular weight excluding hydrogens is 242 g/mol. The largest absolute Gasteiger partial charge is 0.398 e. The third kappa shape index (κ3) is 3.04. The Hall–Kier alpha value is -1.76. The molecule has 1 heteroatoms. The van der Waals surface area contributed by atoms with Crippen molar-refractivity contribution >= 4 is 5.69 Å². The molecule has 0 aliphatic rings. The van der Waals surface area contributed by atoms with Gasteiger partial charge in [0.25, 0.3) is 0 Å². The highest BCUT2D eigenvalue weighted by Crippen LogP contribution is 2.30. The monoisotopic (exact) mass is 267 g/mol. The molecule has 0 saturated carbocycles. The van der Waals surface area contributed by atoms with E-state index in [2.05, 4.69) is 58.0 Å². The highest BCUT2D eigenvalue weighted by molar-refractivity contribution is 5.51. The van der Waals surface area contributed by atoms with E-state index in [0.29, 0.717) is 11.8 Å². The molecule has 0 aromatic heterocycles. The second-order valence-electron chi connectivity index (χ2n) is 6.10. The molecule has 0 heterocycles. The first kappa shape index (κ1) is 14.6. The van der Waals surface area contributed by atoms with E-state index in [4.69, 9.17) is 5.73 Å². The van der Waals surface area contributed by atoms with Gasteiger partial charge in [-0.05, 0) is 40.2 Å². The van der Waals surface area contributed by atoms with E-state index in [0.717, 1.165) is 12.1 Å². The summed E-state index contributed by atoms with van der Waals surface area (Å²) in [5.74, 6) is 1.07. The van der Waals surface area contributed by atoms with Gasteiger partial charge in [0.15, 0.2) is 0 Å². The van der Waals surface area contributed by atoms with Crippen LogP contribution in [-0.2, 0) is 6.42 Å². The van der Waals surface area contributed by atoms with Gasteiger partial charge in [-0.3, -0.25) is 0 Å². The van der Waals surface area contributed by atoms with Crippen LogP contribution in [0.4, 0.5) is 5.69 Å². The number of anilines is 1. The molecule has 0 saturated heterocycles. The quantitative estimate of drug-likeness (QED) is 0.766. The molecule has 0 aliphatic heterocycles. The van der Waals surface area contributed by atoms with Crippen molar-refractivity contribution in [2.75, 3.05) is 5.73 Å². The maximum atomic E-state index is 6.12. The molecule has 0 unspecified atom stereocenters. The Bertz CT molecular complexity index is 556. The Morgan fingerprint density at radius 1 is 0.800 bits per heavy atom. The molecule has 0 amide bonds. The van der Waals surface area contributed by atoms with Gasteiger partial charge in [0.1, 0.15) is 0 Å². The number of benzene rings is 2. The fourth-order valence-corrected chi connectivity index (χ4v) is 2.79. The van der Waals surface area contributed by atoms with Crippen molar-refractivity contribution in [3.05, 3.63) is 64.7 Å². The summed E-state index contributed by atoms with van der Waals surface area (Å²) in [4.78, 5) is 0. The van der Waals surface area contributed by atoms with Crippen LogP contribution in [-0.4, -0.2) is 0 Å². The van der Waals surface area contributed by atoms with Crippen LogP contribution in [0, 0.1) is 0 Å². The molecule has 2 aromatic rings. The van der Waals surface area contributed by atoms with Crippen molar-refractivity contribution in [2.45, 2.75) is 46.0 Å². The van der Waals surface area contributed by atoms with Gasteiger partial charge in [0.2, 0.25) is 0 Å². The standard InChI is InChI=1S/C19H25N/c1-13(2)16-9-7-10-17(14(3)4)18(16)12-15-8-5-6-11-19(15)20/h5-11,13-14H,12,20H2,1-4H3. The predicted molar refractivity (Wildman–Crippen MR) is 88.3 cm³/mol. The normalized spacial score (nSPS) is 11.3. The van der Waals surface area contributed by atoms with Gasteiger partial charge in [0, 0.05) is 12.1 Å². The zero-order valence-electron chi connectivity index (χ0n) is 13.0. The van der Waals surface area contributed by atoms with Crippen LogP contribution in [0.2, 0.25) is 0 Å². The minimum atomic E-state index is 0.536. The van der Waals surface area contributed by atoms with Crippen LogP contribution in [0.5, 0.6) is 0 Å². The number of hydrogen-bond donors (Lipinski definition) is 1. The van der Waals surface area contributed by atoms with Gasteiger partial charge < -0.3 is 5.73 Å². The molecule has 20 heavy (non-hydrogen) atoms. The second kappa shape index (κ2) is 6.13. The van der Waals surface area contributed by atoms with Crippen LogP contribution in [0.15, 0.2) is 42.5 Å². The Kier molecular flexibility index (Phi) is 4.49. The highest BCUT2D eigenvalue weighted by atomic mass is 14.6. The van der Waals surface area contributed by atoms with E-state index >= 15 is 0 Å². The number of rotatable bonds is 4. The summed E-state index contributed by atoms with van der Waals surface area (Å²) >= 11 is 0. The maximum Gasteiger partial charge on any atom is 0.0349 e. The number of nitrogen functional groups attached to an aromatic ring is 1. The first-order valence-corrected chi connectivity index (χ1v) is 7.45. The zero-order valence-corrected chi connectivity index (χ0v) is 13.0. The van der Waals surface area contributed by atoms with E-state index in [-0.39, 0.29) is 0 Å². The lowest BCUT2D eigenvalue weighted by atomic mass is 9.85. The fraction of sp³-hybridized carbons (Fsp3) is 0.368. The van der Waals surface area contributed by atoms with Crippen molar-refractivity contribution in [1.82, 2.24) is 0 Å². The summed E-state index contributed by atoms with van der Waals surface area (Å²) in [6.45, 7) is 9.04. The van der Waals surface area contributed by atoms with E-state index in [9.17, 15) is 0 Å². The summed E-state index contributed by atoms with van der Waals surface area (Å²) in [5.41, 5.74) is 12.6. The van der Waals surface area contributed by atoms with Crippen LogP contribution in [0.25, 0.3) is 0 Å². The van der Waals surface area contributed by atoms with Gasteiger partial charge in [-0.2, -0.15) is 0 Å². The van der Waals surface area contributed by atoms with Crippen molar-refractivity contribution in [3.63, 3.8) is 0 Å². The Morgan fingerprint density at radius 3 is 1.85 bits per heavy atom. The molecule has 0 fully saturated rings. The average Bonchev–Trinajstić information content (AvgIpc) is 2.41. The Balaban J connectivity index is 2.51. The third-order valence-corrected chi connectivity index (χ3v) is 3.91. The van der Waals surface area contributed by atoms with Crippen molar-refractivity contribution < 1.29 is 0 Å². The van der Waals surface area contributed by atoms with Gasteiger partial charge in [-0.15, -0.1) is 0 Å². The lowest BCUT2D eigenvalue weighted by Crippen LogP contribution is -2.05. The highest BCUT2D eigenvalue weighted by Gasteiger charge is 2.14. The average molecular weight is 267 g/mol. The van der Waals surface area contributed by atoms with E-state index in [1.807, 2.05) is 12.1 Å². The van der Waals surface area contributed by atoms with E-state index in [1.165, 1.54) is 22.3 Å². The summed E-state index contributed by atoms with van der Waals surface area (Å²) in [6.07, 6.45) is 0.925. The summed E-state index contributed by atoms with van der Waals surface area (Å²) < 4.78 is 0. The zero-order chi connectivity index (χ0) is 14.7. The topological polar surface area (TPSA) is 26.0 Å². The lowest BCUT2D eigenvalue weighted by molar-refractivity contribution is 0.806. The van der Waals surface area contributed by atoms with Crippen molar-refractivity contribution in [1.29, 1.82) is 0 Å². The van der Waals surface area contributed by atoms with Gasteiger partial charge in [0.05, 0.1) is 0 Å². The van der Waals surface area contributed by atoms with Crippen molar-refractivity contribution in [3.8, 4) is 0 Å². The molecule has 0 aliphatic carbocycles. The van der Waals surface area contributed by atoms with E-state index < -0.39 is 0 Å². The number of hydrogen-bond acceptors (Lipinski definition) is 1. The summed E-state index contributed by atoms with van der Waals surface area (Å²) in [6, 6.07) is 14.9. The molecule has 106 valence electrons. The molecule has 0 spiro atoms. The lowest BCUT2D eigenvalue weighted by Gasteiger charge is -2.20. The Morgan fingerprint density at radius 2 is 1.35 bits per heavy atom. The maximum absolute atomic E-state index is 6.12. The number of nitrogens with two attached hydrogens (primary N) is 1. The minimum Gasteiger partial charge on any atom is -0.398 e. The molecule has 0 atom stereocenters. The van der Waals surface area contributed by atoms with Gasteiger partial charge in [-0.25, -0.2) is 0 Å². The molecule has 0 radical (unpaired) electrons. The Labute approximate surface area is 122 Å². The molecule has 2 N–H and O–H groups in total.